The quantitative estimate of drug-likeness (QED) is 0.271. The number of fused-ring (bicyclic) bond motifs is 3. The molecule has 0 bridgehead atoms. The van der Waals surface area contributed by atoms with E-state index in [1.54, 1.807) is 0 Å². The van der Waals surface area contributed by atoms with Gasteiger partial charge in [-0.1, -0.05) is 11.6 Å². The maximum absolute atomic E-state index is 14.2. The van der Waals surface area contributed by atoms with E-state index >= 15 is 0 Å². The van der Waals surface area contributed by atoms with E-state index in [0.717, 1.165) is 35.2 Å². The molecule has 0 saturated carbocycles. The number of carbonyl (C=O) groups excluding carboxylic acids is 2. The molecule has 40 heavy (non-hydrogen) atoms. The molecule has 208 valence electrons. The number of aromatic nitrogens is 2. The number of hydrogen-bond acceptors (Lipinski definition) is 4. The van der Waals surface area contributed by atoms with Gasteiger partial charge in [0.1, 0.15) is 17.2 Å². The first kappa shape index (κ1) is 27.4. The van der Waals surface area contributed by atoms with Crippen LogP contribution in [0.25, 0.3) is 11.0 Å². The predicted molar refractivity (Wildman–Crippen MR) is 127 cm³/mol. The van der Waals surface area contributed by atoms with Crippen molar-refractivity contribution in [2.75, 3.05) is 5.32 Å². The molecule has 1 atom stereocenters. The Hall–Kier alpha value is -4.17. The fraction of sp³-hybridized carbons (Fsp3) is 0.160. The van der Waals surface area contributed by atoms with Crippen molar-refractivity contribution < 1.29 is 45.4 Å². The summed E-state index contributed by atoms with van der Waals surface area (Å²) in [6.45, 7) is -0.886. The molecular formula is C25H14ClF7N4O3. The van der Waals surface area contributed by atoms with Gasteiger partial charge < -0.3 is 20.3 Å². The molecule has 15 heteroatoms. The van der Waals surface area contributed by atoms with E-state index in [9.17, 15) is 45.4 Å². The maximum atomic E-state index is 14.2. The summed E-state index contributed by atoms with van der Waals surface area (Å²) >= 11 is 6.17. The Morgan fingerprint density at radius 1 is 1.12 bits per heavy atom. The molecular weight excluding hydrogens is 573 g/mol. The van der Waals surface area contributed by atoms with Crippen LogP contribution in [-0.4, -0.2) is 32.9 Å². The lowest BCUT2D eigenvalue weighted by Crippen LogP contribution is -2.41. The van der Waals surface area contributed by atoms with Gasteiger partial charge in [-0.15, -0.1) is 0 Å². The molecule has 4 aromatic rings. The highest BCUT2D eigenvalue weighted by atomic mass is 35.5. The lowest BCUT2D eigenvalue weighted by atomic mass is 9.91. The van der Waals surface area contributed by atoms with E-state index in [4.69, 9.17) is 11.6 Å². The number of amides is 2. The molecule has 1 aliphatic heterocycles. The molecule has 2 amide bonds. The number of nitrogens with zero attached hydrogens (tertiary/aromatic N) is 2. The van der Waals surface area contributed by atoms with Crippen molar-refractivity contribution >= 4 is 40.1 Å². The van der Waals surface area contributed by atoms with Crippen molar-refractivity contribution in [3.8, 4) is 0 Å². The van der Waals surface area contributed by atoms with Crippen LogP contribution in [0.2, 0.25) is 5.02 Å². The topological polar surface area (TPSA) is 96.2 Å². The van der Waals surface area contributed by atoms with Gasteiger partial charge in [0.15, 0.2) is 5.72 Å². The molecule has 2 heterocycles. The fourth-order valence-electron chi connectivity index (χ4n) is 4.53. The molecule has 0 aliphatic carbocycles. The van der Waals surface area contributed by atoms with E-state index < -0.39 is 76.3 Å². The summed E-state index contributed by atoms with van der Waals surface area (Å²) in [6.07, 6.45) is -6.89. The maximum Gasteiger partial charge on any atom is 0.416 e. The number of carbonyl (C=O) groups is 2. The SMILES string of the molecule is O=C(Nc1cc2c(ncn2CC(F)F)c2c1C(O)(c1cc(F)ccc1Cl)NC2=O)c1cc(F)cc(C(F)(F)F)c1. The molecule has 1 aliphatic rings. The Labute approximate surface area is 224 Å². The van der Waals surface area contributed by atoms with Crippen LogP contribution in [0.4, 0.5) is 36.4 Å². The molecule has 0 fully saturated rings. The Balaban J connectivity index is 1.74. The summed E-state index contributed by atoms with van der Waals surface area (Å²) in [5.74, 6) is -4.57. The third-order valence-corrected chi connectivity index (χ3v) is 6.52. The normalized spacial score (nSPS) is 16.9. The second kappa shape index (κ2) is 9.48. The first-order valence-electron chi connectivity index (χ1n) is 11.2. The number of aliphatic hydroxyl groups is 1. The zero-order chi connectivity index (χ0) is 29.1. The molecule has 0 radical (unpaired) electrons. The molecule has 1 unspecified atom stereocenters. The van der Waals surface area contributed by atoms with Gasteiger partial charge in [0, 0.05) is 21.7 Å². The van der Waals surface area contributed by atoms with Gasteiger partial charge in [0.05, 0.1) is 35.2 Å². The molecule has 1 aromatic heterocycles. The highest BCUT2D eigenvalue weighted by molar-refractivity contribution is 6.31. The second-order valence-corrected chi connectivity index (χ2v) is 9.21. The van der Waals surface area contributed by atoms with Crippen molar-refractivity contribution in [1.29, 1.82) is 0 Å². The minimum Gasteiger partial charge on any atom is -0.363 e. The highest BCUT2D eigenvalue weighted by Crippen LogP contribution is 2.45. The zero-order valence-electron chi connectivity index (χ0n) is 19.6. The van der Waals surface area contributed by atoms with Gasteiger partial charge in [0.25, 0.3) is 18.2 Å². The number of alkyl halides is 5. The van der Waals surface area contributed by atoms with Crippen LogP contribution in [0.3, 0.4) is 0 Å². The highest BCUT2D eigenvalue weighted by Gasteiger charge is 2.48. The minimum atomic E-state index is -5.00. The number of benzene rings is 3. The van der Waals surface area contributed by atoms with Gasteiger partial charge in [-0.25, -0.2) is 22.5 Å². The first-order valence-corrected chi connectivity index (χ1v) is 11.6. The van der Waals surface area contributed by atoms with Gasteiger partial charge >= 0.3 is 6.18 Å². The Kier molecular flexibility index (Phi) is 6.50. The predicted octanol–water partition coefficient (Wildman–Crippen LogP) is 5.44. The summed E-state index contributed by atoms with van der Waals surface area (Å²) in [7, 11) is 0. The standard InChI is InChI=1S/C25H14ClF7N4O3/c26-15-2-1-12(27)6-14(15)24(40)20-16(35-22(38)10-3-11(25(31,32)33)5-13(28)4-10)7-17-21(19(20)23(39)36-24)34-9-37(17)8-18(29)30/h1-7,9,18,40H,8H2,(H,35,38)(H,36,39). The fourth-order valence-corrected chi connectivity index (χ4v) is 4.79. The smallest absolute Gasteiger partial charge is 0.363 e. The number of rotatable bonds is 5. The largest absolute Gasteiger partial charge is 0.416 e. The minimum absolute atomic E-state index is 0.116. The second-order valence-electron chi connectivity index (χ2n) is 8.80. The molecule has 7 nitrogen and oxygen atoms in total. The lowest BCUT2D eigenvalue weighted by molar-refractivity contribution is -0.137. The van der Waals surface area contributed by atoms with Crippen molar-refractivity contribution in [3.05, 3.63) is 93.3 Å². The lowest BCUT2D eigenvalue weighted by Gasteiger charge is -2.27. The summed E-state index contributed by atoms with van der Waals surface area (Å²) in [5.41, 5.74) is -6.85. The number of imidazole rings is 1. The van der Waals surface area contributed by atoms with Crippen molar-refractivity contribution in [2.24, 2.45) is 0 Å². The van der Waals surface area contributed by atoms with Crippen LogP contribution in [0, 0.1) is 11.6 Å². The summed E-state index contributed by atoms with van der Waals surface area (Å²) < 4.78 is 95.1. The Morgan fingerprint density at radius 2 is 1.85 bits per heavy atom. The van der Waals surface area contributed by atoms with Crippen molar-refractivity contribution in [2.45, 2.75) is 24.9 Å². The monoisotopic (exact) mass is 586 g/mol. The molecule has 3 N–H and O–H groups in total. The van der Waals surface area contributed by atoms with Crippen LogP contribution < -0.4 is 10.6 Å². The van der Waals surface area contributed by atoms with E-state index in [1.165, 1.54) is 0 Å². The molecule has 0 spiro atoms. The average Bonchev–Trinajstić information content (AvgIpc) is 3.37. The summed E-state index contributed by atoms with van der Waals surface area (Å²) in [4.78, 5) is 30.2. The van der Waals surface area contributed by atoms with Gasteiger partial charge in [0.2, 0.25) is 0 Å². The molecule has 5 rings (SSSR count). The number of hydrogen-bond donors (Lipinski definition) is 3. The van der Waals surface area contributed by atoms with Crippen LogP contribution in [-0.2, 0) is 18.4 Å². The third-order valence-electron chi connectivity index (χ3n) is 6.19. The summed E-state index contributed by atoms with van der Waals surface area (Å²) in [6, 6.07) is 4.95. The van der Waals surface area contributed by atoms with E-state index in [0.29, 0.717) is 12.1 Å². The average molecular weight is 587 g/mol. The van der Waals surface area contributed by atoms with Crippen LogP contribution in [0.15, 0.2) is 48.8 Å². The van der Waals surface area contributed by atoms with E-state index in [-0.39, 0.29) is 27.7 Å². The molecule has 3 aromatic carbocycles. The van der Waals surface area contributed by atoms with Gasteiger partial charge in [-0.05, 0) is 42.5 Å². The van der Waals surface area contributed by atoms with Gasteiger partial charge in [-0.3, -0.25) is 9.59 Å². The van der Waals surface area contributed by atoms with Crippen LogP contribution in [0.1, 0.15) is 37.4 Å². The zero-order valence-corrected chi connectivity index (χ0v) is 20.3. The number of nitrogens with one attached hydrogen (secondary N) is 2. The van der Waals surface area contributed by atoms with Gasteiger partial charge in [-0.2, -0.15) is 13.2 Å². The Bertz CT molecular complexity index is 1710. The summed E-state index contributed by atoms with van der Waals surface area (Å²) in [5, 5.41) is 15.9. The van der Waals surface area contributed by atoms with Crippen molar-refractivity contribution in [3.63, 3.8) is 0 Å². The van der Waals surface area contributed by atoms with Crippen LogP contribution >= 0.6 is 11.6 Å². The third kappa shape index (κ3) is 4.62. The van der Waals surface area contributed by atoms with E-state index in [2.05, 4.69) is 15.6 Å². The van der Waals surface area contributed by atoms with Crippen LogP contribution in [0.5, 0.6) is 0 Å². The Morgan fingerprint density at radius 3 is 2.52 bits per heavy atom. The first-order chi connectivity index (χ1) is 18.7. The van der Waals surface area contributed by atoms with E-state index in [1.807, 2.05) is 0 Å². The number of anilines is 1. The molecule has 0 saturated heterocycles. The van der Waals surface area contributed by atoms with Crippen molar-refractivity contribution in [1.82, 2.24) is 14.9 Å². The number of halogens is 8.